The average molecular weight is 432 g/mol. The quantitative estimate of drug-likeness (QED) is 0.328. The fraction of sp³-hybridized carbons (Fsp3) is 0.591. The fourth-order valence-electron chi connectivity index (χ4n) is 4.40. The molecular formula is C22H33N5O4. The Balaban J connectivity index is 1.65. The standard InChI is InChI=1S/C22H33N5O4/c1-23-20(24-11-12-27-19(28)14-25-21(27)29)26-15-22(9-5-4-6-10-22)16-7-8-17(30-2)18(13-16)31-3/h7-8,13H,4-6,9-12,14-15H2,1-3H3,(H,25,29)(H2,23,24,26). The van der Waals surface area contributed by atoms with Crippen LogP contribution in [-0.4, -0.2) is 70.2 Å². The molecule has 1 aromatic rings. The summed E-state index contributed by atoms with van der Waals surface area (Å²) in [5, 5.41) is 9.19. The highest BCUT2D eigenvalue weighted by Crippen LogP contribution is 2.42. The number of rotatable bonds is 8. The minimum absolute atomic E-state index is 0.0276. The zero-order valence-corrected chi connectivity index (χ0v) is 18.6. The van der Waals surface area contributed by atoms with Crippen molar-refractivity contribution >= 4 is 17.9 Å². The third-order valence-electron chi connectivity index (χ3n) is 6.19. The molecule has 3 amide bonds. The van der Waals surface area contributed by atoms with Crippen molar-refractivity contribution in [3.63, 3.8) is 0 Å². The Labute approximate surface area is 183 Å². The van der Waals surface area contributed by atoms with E-state index in [1.54, 1.807) is 21.3 Å². The zero-order chi connectivity index (χ0) is 22.3. The van der Waals surface area contributed by atoms with Crippen LogP contribution in [0.1, 0.15) is 37.7 Å². The van der Waals surface area contributed by atoms with Crippen molar-refractivity contribution in [1.29, 1.82) is 0 Å². The summed E-state index contributed by atoms with van der Waals surface area (Å²) in [5.74, 6) is 1.91. The number of aliphatic imine (C=N–C) groups is 1. The molecule has 1 saturated heterocycles. The van der Waals surface area contributed by atoms with Crippen LogP contribution in [0.3, 0.4) is 0 Å². The normalized spacial score (nSPS) is 18.5. The number of benzene rings is 1. The maximum atomic E-state index is 11.7. The van der Waals surface area contributed by atoms with Gasteiger partial charge in [-0.25, -0.2) is 4.79 Å². The lowest BCUT2D eigenvalue weighted by atomic mass is 9.69. The summed E-state index contributed by atoms with van der Waals surface area (Å²) in [6.45, 7) is 1.53. The van der Waals surface area contributed by atoms with Crippen molar-refractivity contribution in [2.24, 2.45) is 4.99 Å². The highest BCUT2D eigenvalue weighted by Gasteiger charge is 2.35. The molecule has 2 fully saturated rings. The molecule has 0 aromatic heterocycles. The predicted octanol–water partition coefficient (Wildman–Crippen LogP) is 1.62. The van der Waals surface area contributed by atoms with Crippen LogP contribution >= 0.6 is 0 Å². The van der Waals surface area contributed by atoms with Gasteiger partial charge in [-0.1, -0.05) is 25.3 Å². The van der Waals surface area contributed by atoms with E-state index in [0.29, 0.717) is 19.0 Å². The Morgan fingerprint density at radius 1 is 1.13 bits per heavy atom. The Hall–Kier alpha value is -2.97. The van der Waals surface area contributed by atoms with E-state index in [9.17, 15) is 9.59 Å². The minimum atomic E-state index is -0.343. The number of nitrogens with zero attached hydrogens (tertiary/aromatic N) is 2. The number of ether oxygens (including phenoxy) is 2. The largest absolute Gasteiger partial charge is 0.493 e. The predicted molar refractivity (Wildman–Crippen MR) is 119 cm³/mol. The lowest BCUT2D eigenvalue weighted by Crippen LogP contribution is -2.48. The van der Waals surface area contributed by atoms with Gasteiger partial charge < -0.3 is 25.4 Å². The van der Waals surface area contributed by atoms with Crippen molar-refractivity contribution in [3.05, 3.63) is 23.8 Å². The Bertz CT molecular complexity index is 804. The van der Waals surface area contributed by atoms with Crippen LogP contribution in [0.2, 0.25) is 0 Å². The SMILES string of the molecule is CN=C(NCCN1C(=O)CNC1=O)NCC1(c2ccc(OC)c(OC)c2)CCCCC1. The summed E-state index contributed by atoms with van der Waals surface area (Å²) in [7, 11) is 5.02. The van der Waals surface area contributed by atoms with Crippen molar-refractivity contribution in [3.8, 4) is 11.5 Å². The van der Waals surface area contributed by atoms with Gasteiger partial charge in [-0.3, -0.25) is 14.7 Å². The molecule has 0 atom stereocenters. The number of carbonyl (C=O) groups excluding carboxylic acids is 2. The van der Waals surface area contributed by atoms with Crippen LogP contribution in [0.25, 0.3) is 0 Å². The number of hydrogen-bond donors (Lipinski definition) is 3. The molecule has 0 spiro atoms. The van der Waals surface area contributed by atoms with Crippen molar-refractivity contribution < 1.29 is 19.1 Å². The Morgan fingerprint density at radius 3 is 2.48 bits per heavy atom. The highest BCUT2D eigenvalue weighted by atomic mass is 16.5. The molecule has 1 aromatic carbocycles. The monoisotopic (exact) mass is 431 g/mol. The maximum Gasteiger partial charge on any atom is 0.324 e. The van der Waals surface area contributed by atoms with Crippen LogP contribution in [0.5, 0.6) is 11.5 Å². The Morgan fingerprint density at radius 2 is 1.87 bits per heavy atom. The van der Waals surface area contributed by atoms with Gasteiger partial charge in [0.1, 0.15) is 0 Å². The summed E-state index contributed by atoms with van der Waals surface area (Å²) < 4.78 is 10.9. The summed E-state index contributed by atoms with van der Waals surface area (Å²) >= 11 is 0. The summed E-state index contributed by atoms with van der Waals surface area (Å²) in [5.41, 5.74) is 1.20. The summed E-state index contributed by atoms with van der Waals surface area (Å²) in [6.07, 6.45) is 5.75. The smallest absolute Gasteiger partial charge is 0.324 e. The van der Waals surface area contributed by atoms with Crippen LogP contribution in [0.15, 0.2) is 23.2 Å². The fourth-order valence-corrected chi connectivity index (χ4v) is 4.40. The number of methoxy groups -OCH3 is 2. The van der Waals surface area contributed by atoms with Crippen molar-refractivity contribution in [2.75, 3.05) is 47.4 Å². The van der Waals surface area contributed by atoms with Crippen LogP contribution in [0.4, 0.5) is 4.79 Å². The van der Waals surface area contributed by atoms with Gasteiger partial charge in [0.2, 0.25) is 5.91 Å². The van der Waals surface area contributed by atoms with Gasteiger partial charge in [0.25, 0.3) is 0 Å². The molecule has 9 nitrogen and oxygen atoms in total. The summed E-state index contributed by atoms with van der Waals surface area (Å²) in [4.78, 5) is 28.9. The van der Waals surface area contributed by atoms with Gasteiger partial charge in [-0.15, -0.1) is 0 Å². The molecule has 1 saturated carbocycles. The second-order valence-electron chi connectivity index (χ2n) is 7.97. The van der Waals surface area contributed by atoms with E-state index in [2.05, 4.69) is 33.1 Å². The number of carbonyl (C=O) groups is 2. The second kappa shape index (κ2) is 10.4. The number of guanidine groups is 1. The first-order valence-corrected chi connectivity index (χ1v) is 10.8. The first kappa shape index (κ1) is 22.7. The lowest BCUT2D eigenvalue weighted by molar-refractivity contribution is -0.124. The molecule has 3 N–H and O–H groups in total. The van der Waals surface area contributed by atoms with Crippen molar-refractivity contribution in [1.82, 2.24) is 20.9 Å². The van der Waals surface area contributed by atoms with E-state index in [4.69, 9.17) is 9.47 Å². The van der Waals surface area contributed by atoms with E-state index in [0.717, 1.165) is 30.9 Å². The molecule has 1 aliphatic carbocycles. The van der Waals surface area contributed by atoms with Crippen LogP contribution < -0.4 is 25.4 Å². The molecule has 31 heavy (non-hydrogen) atoms. The molecule has 1 heterocycles. The minimum Gasteiger partial charge on any atom is -0.493 e. The van der Waals surface area contributed by atoms with Crippen LogP contribution in [0, 0.1) is 0 Å². The van der Waals surface area contributed by atoms with E-state index in [-0.39, 0.29) is 23.9 Å². The van der Waals surface area contributed by atoms with Gasteiger partial charge >= 0.3 is 6.03 Å². The van der Waals surface area contributed by atoms with E-state index < -0.39 is 0 Å². The number of nitrogens with one attached hydrogen (secondary N) is 3. The molecule has 3 rings (SSSR count). The molecule has 170 valence electrons. The average Bonchev–Trinajstić information content (AvgIpc) is 3.13. The van der Waals surface area contributed by atoms with E-state index in [1.165, 1.54) is 29.7 Å². The topological polar surface area (TPSA) is 104 Å². The maximum absolute atomic E-state index is 11.7. The molecular weight excluding hydrogens is 398 g/mol. The molecule has 2 aliphatic rings. The second-order valence-corrected chi connectivity index (χ2v) is 7.97. The lowest BCUT2D eigenvalue weighted by Gasteiger charge is -2.38. The van der Waals surface area contributed by atoms with E-state index in [1.807, 2.05) is 6.07 Å². The zero-order valence-electron chi connectivity index (χ0n) is 18.6. The molecule has 0 bridgehead atoms. The van der Waals surface area contributed by atoms with Gasteiger partial charge in [-0.05, 0) is 30.5 Å². The number of imide groups is 1. The number of amides is 3. The first-order valence-electron chi connectivity index (χ1n) is 10.8. The Kier molecular flexibility index (Phi) is 7.59. The summed E-state index contributed by atoms with van der Waals surface area (Å²) in [6, 6.07) is 5.83. The van der Waals surface area contributed by atoms with Gasteiger partial charge in [0, 0.05) is 32.1 Å². The third kappa shape index (κ3) is 5.21. The van der Waals surface area contributed by atoms with E-state index >= 15 is 0 Å². The first-order chi connectivity index (χ1) is 15.0. The molecule has 1 aliphatic heterocycles. The third-order valence-corrected chi connectivity index (χ3v) is 6.19. The number of hydrogen-bond acceptors (Lipinski definition) is 5. The van der Waals surface area contributed by atoms with Gasteiger partial charge in [-0.2, -0.15) is 0 Å². The molecule has 0 unspecified atom stereocenters. The van der Waals surface area contributed by atoms with Crippen LogP contribution in [-0.2, 0) is 10.2 Å². The number of urea groups is 1. The van der Waals surface area contributed by atoms with Gasteiger partial charge in [0.15, 0.2) is 17.5 Å². The molecule has 9 heteroatoms. The highest BCUT2D eigenvalue weighted by molar-refractivity contribution is 6.01. The van der Waals surface area contributed by atoms with Gasteiger partial charge in [0.05, 0.1) is 20.8 Å². The molecule has 0 radical (unpaired) electrons. The van der Waals surface area contributed by atoms with Crippen molar-refractivity contribution in [2.45, 2.75) is 37.5 Å².